The molecule has 0 spiro atoms. The molecule has 2 aromatic heterocycles. The highest BCUT2D eigenvalue weighted by molar-refractivity contribution is 6.06. The van der Waals surface area contributed by atoms with Gasteiger partial charge >= 0.3 is 0 Å². The third-order valence-electron chi connectivity index (χ3n) is 5.08. The minimum Gasteiger partial charge on any atom is -0.348 e. The Balaban J connectivity index is 0.00000210. The summed E-state index contributed by atoms with van der Waals surface area (Å²) in [4.78, 5) is 18.1. The van der Waals surface area contributed by atoms with Gasteiger partial charge in [0.25, 0.3) is 5.91 Å². The van der Waals surface area contributed by atoms with E-state index in [0.717, 1.165) is 41.7 Å². The van der Waals surface area contributed by atoms with Gasteiger partial charge in [-0.3, -0.25) is 4.79 Å². The third-order valence-corrected chi connectivity index (χ3v) is 5.08. The van der Waals surface area contributed by atoms with Crippen molar-refractivity contribution in [2.24, 2.45) is 11.7 Å². The van der Waals surface area contributed by atoms with Crippen molar-refractivity contribution in [2.75, 3.05) is 6.54 Å². The molecule has 2 aromatic rings. The van der Waals surface area contributed by atoms with Crippen molar-refractivity contribution < 1.29 is 4.79 Å². The second kappa shape index (κ2) is 9.63. The van der Waals surface area contributed by atoms with Crippen LogP contribution in [0.2, 0.25) is 0 Å². The molecule has 6 nitrogen and oxygen atoms in total. The number of carbonyl (C=O) groups is 1. The summed E-state index contributed by atoms with van der Waals surface area (Å²) >= 11 is 0. The van der Waals surface area contributed by atoms with Crippen LogP contribution in [0.3, 0.4) is 0 Å². The zero-order valence-electron chi connectivity index (χ0n) is 18.3. The van der Waals surface area contributed by atoms with Gasteiger partial charge in [0.15, 0.2) is 5.65 Å². The van der Waals surface area contributed by atoms with Crippen LogP contribution >= 0.6 is 24.8 Å². The summed E-state index contributed by atoms with van der Waals surface area (Å²) in [5, 5.41) is 8.72. The van der Waals surface area contributed by atoms with Gasteiger partial charge in [-0.05, 0) is 58.9 Å². The maximum absolute atomic E-state index is 13.2. The lowest BCUT2D eigenvalue weighted by molar-refractivity contribution is 0.0935. The van der Waals surface area contributed by atoms with Crippen LogP contribution in [0.1, 0.15) is 81.5 Å². The molecule has 0 bridgehead atoms. The number of aryl methyl sites for hydroxylation is 1. The largest absolute Gasteiger partial charge is 0.348 e. The van der Waals surface area contributed by atoms with Gasteiger partial charge in [-0.1, -0.05) is 13.8 Å². The van der Waals surface area contributed by atoms with Crippen LogP contribution in [0, 0.1) is 12.8 Å². The molecule has 1 atom stereocenters. The summed E-state index contributed by atoms with van der Waals surface area (Å²) in [6.07, 6.45) is 3.15. The molecular formula is C21H35Cl2N5O. The van der Waals surface area contributed by atoms with Gasteiger partial charge in [0.05, 0.1) is 22.2 Å². The molecule has 1 aliphatic rings. The normalized spacial score (nSPS) is 15.0. The van der Waals surface area contributed by atoms with E-state index in [9.17, 15) is 4.79 Å². The fourth-order valence-corrected chi connectivity index (χ4v) is 3.59. The van der Waals surface area contributed by atoms with Gasteiger partial charge in [0.1, 0.15) is 0 Å². The molecule has 1 unspecified atom stereocenters. The van der Waals surface area contributed by atoms with Gasteiger partial charge in [0, 0.05) is 24.2 Å². The molecule has 29 heavy (non-hydrogen) atoms. The van der Waals surface area contributed by atoms with Crippen molar-refractivity contribution in [1.82, 2.24) is 20.1 Å². The standard InChI is InChI=1S/C21H33N5O.2ClH/c1-12(2)9-15(11-22)23-20(27)16-10-17(14-7-8-14)24-19-18(16)13(3)25-26(19)21(4,5)6;;/h10,12,14-15H,7-9,11,22H2,1-6H3,(H,23,27);2*1H. The zero-order valence-corrected chi connectivity index (χ0v) is 19.9. The molecule has 8 heteroatoms. The maximum Gasteiger partial charge on any atom is 0.252 e. The molecule has 164 valence electrons. The molecular weight excluding hydrogens is 409 g/mol. The Bertz CT molecular complexity index is 853. The Hall–Kier alpha value is -1.37. The number of halogens is 2. The predicted octanol–water partition coefficient (Wildman–Crippen LogP) is 4.32. The molecule has 1 saturated carbocycles. The summed E-state index contributed by atoms with van der Waals surface area (Å²) in [6.45, 7) is 13.0. The number of nitrogens with two attached hydrogens (primary N) is 1. The Morgan fingerprint density at radius 2 is 1.93 bits per heavy atom. The van der Waals surface area contributed by atoms with Crippen molar-refractivity contribution >= 4 is 41.8 Å². The minimum absolute atomic E-state index is 0. The number of rotatable bonds is 6. The SMILES string of the molecule is Cc1nn(C(C)(C)C)c2nc(C3CC3)cc(C(=O)NC(CN)CC(C)C)c12.Cl.Cl. The summed E-state index contributed by atoms with van der Waals surface area (Å²) in [6, 6.07) is 1.95. The van der Waals surface area contributed by atoms with Crippen molar-refractivity contribution in [3.63, 3.8) is 0 Å². The first-order chi connectivity index (χ1) is 12.6. The molecule has 0 saturated heterocycles. The first-order valence-electron chi connectivity index (χ1n) is 10.0. The van der Waals surface area contributed by atoms with E-state index < -0.39 is 0 Å². The number of hydrogen-bond donors (Lipinski definition) is 2. The van der Waals surface area contributed by atoms with E-state index >= 15 is 0 Å². The summed E-state index contributed by atoms with van der Waals surface area (Å²) in [5.74, 6) is 0.867. The molecule has 3 N–H and O–H groups in total. The Labute approximate surface area is 186 Å². The second-order valence-electron chi connectivity index (χ2n) is 9.27. The van der Waals surface area contributed by atoms with Crippen LogP contribution in [0.4, 0.5) is 0 Å². The average molecular weight is 444 g/mol. The number of carbonyl (C=O) groups excluding carboxylic acids is 1. The summed E-state index contributed by atoms with van der Waals surface area (Å²) in [5.41, 5.74) is 9.03. The van der Waals surface area contributed by atoms with Gasteiger partial charge in [0.2, 0.25) is 0 Å². The highest BCUT2D eigenvalue weighted by atomic mass is 35.5. The fourth-order valence-electron chi connectivity index (χ4n) is 3.59. The van der Waals surface area contributed by atoms with Crippen molar-refractivity contribution in [1.29, 1.82) is 0 Å². The monoisotopic (exact) mass is 443 g/mol. The average Bonchev–Trinajstić information content (AvgIpc) is 3.36. The topological polar surface area (TPSA) is 85.8 Å². The van der Waals surface area contributed by atoms with Crippen molar-refractivity contribution in [3.05, 3.63) is 23.0 Å². The second-order valence-corrected chi connectivity index (χ2v) is 9.27. The van der Waals surface area contributed by atoms with Crippen molar-refractivity contribution in [2.45, 2.75) is 78.3 Å². The van der Waals surface area contributed by atoms with E-state index in [4.69, 9.17) is 15.8 Å². The molecule has 0 aliphatic heterocycles. The predicted molar refractivity (Wildman–Crippen MR) is 123 cm³/mol. The van der Waals surface area contributed by atoms with E-state index in [1.165, 1.54) is 0 Å². The van der Waals surface area contributed by atoms with E-state index in [-0.39, 0.29) is 42.3 Å². The summed E-state index contributed by atoms with van der Waals surface area (Å²) < 4.78 is 1.95. The third kappa shape index (κ3) is 5.62. The number of nitrogens with zero attached hydrogens (tertiary/aromatic N) is 3. The number of aromatic nitrogens is 3. The van der Waals surface area contributed by atoms with Gasteiger partial charge in [-0.15, -0.1) is 24.8 Å². The number of hydrogen-bond acceptors (Lipinski definition) is 4. The molecule has 0 aromatic carbocycles. The first kappa shape index (κ1) is 25.7. The Morgan fingerprint density at radius 1 is 1.31 bits per heavy atom. The lowest BCUT2D eigenvalue weighted by atomic mass is 10.0. The zero-order chi connectivity index (χ0) is 19.9. The van der Waals surface area contributed by atoms with Crippen LogP contribution in [0.25, 0.3) is 11.0 Å². The molecule has 0 radical (unpaired) electrons. The minimum atomic E-state index is -0.202. The van der Waals surface area contributed by atoms with E-state index in [2.05, 4.69) is 39.9 Å². The highest BCUT2D eigenvalue weighted by Crippen LogP contribution is 2.41. The lowest BCUT2D eigenvalue weighted by Gasteiger charge is -2.21. The Kier molecular flexibility index (Phi) is 8.52. The highest BCUT2D eigenvalue weighted by Gasteiger charge is 2.30. The molecule has 1 aliphatic carbocycles. The number of pyridine rings is 1. The van der Waals surface area contributed by atoms with Crippen LogP contribution in [0.15, 0.2) is 6.07 Å². The number of nitrogens with one attached hydrogen (secondary N) is 1. The molecule has 3 rings (SSSR count). The van der Waals surface area contributed by atoms with Crippen LogP contribution in [-0.2, 0) is 5.54 Å². The van der Waals surface area contributed by atoms with Crippen LogP contribution in [-0.4, -0.2) is 33.3 Å². The molecule has 1 amide bonds. The fraction of sp³-hybridized carbons (Fsp3) is 0.667. The lowest BCUT2D eigenvalue weighted by Crippen LogP contribution is -2.41. The van der Waals surface area contributed by atoms with Gasteiger partial charge in [-0.2, -0.15) is 5.10 Å². The molecule has 1 fully saturated rings. The number of amides is 1. The van der Waals surface area contributed by atoms with Gasteiger partial charge in [-0.25, -0.2) is 9.67 Å². The first-order valence-corrected chi connectivity index (χ1v) is 10.0. The van der Waals surface area contributed by atoms with Crippen LogP contribution < -0.4 is 11.1 Å². The van der Waals surface area contributed by atoms with Crippen LogP contribution in [0.5, 0.6) is 0 Å². The summed E-state index contributed by atoms with van der Waals surface area (Å²) in [7, 11) is 0. The van der Waals surface area contributed by atoms with E-state index in [1.54, 1.807) is 0 Å². The van der Waals surface area contributed by atoms with Gasteiger partial charge < -0.3 is 11.1 Å². The number of fused-ring (bicyclic) bond motifs is 1. The Morgan fingerprint density at radius 3 is 2.41 bits per heavy atom. The van der Waals surface area contributed by atoms with E-state index in [1.807, 2.05) is 17.7 Å². The van der Waals surface area contributed by atoms with Crippen molar-refractivity contribution in [3.8, 4) is 0 Å². The van der Waals surface area contributed by atoms with E-state index in [0.29, 0.717) is 23.9 Å². The maximum atomic E-state index is 13.2. The smallest absolute Gasteiger partial charge is 0.252 e. The molecule has 2 heterocycles. The quantitative estimate of drug-likeness (QED) is 0.695.